The minimum Gasteiger partial charge on any atom is -0.478 e. The zero-order valence-electron chi connectivity index (χ0n) is 12.0. The number of amides is 1. The van der Waals surface area contributed by atoms with Gasteiger partial charge in [-0.15, -0.1) is 0 Å². The molecule has 1 aromatic carbocycles. The second kappa shape index (κ2) is 6.61. The van der Waals surface area contributed by atoms with E-state index in [0.717, 1.165) is 24.8 Å². The van der Waals surface area contributed by atoms with Crippen LogP contribution in [0.3, 0.4) is 0 Å². The van der Waals surface area contributed by atoms with Gasteiger partial charge < -0.3 is 9.47 Å². The van der Waals surface area contributed by atoms with Gasteiger partial charge in [0.15, 0.2) is 0 Å². The topological polar surface area (TPSA) is 51.1 Å². The molecule has 1 aromatic rings. The molecule has 0 N–H and O–H groups in total. The molecule has 0 spiro atoms. The smallest absolute Gasteiger partial charge is 0.410 e. The van der Waals surface area contributed by atoms with Gasteiger partial charge in [0.2, 0.25) is 5.90 Å². The Hall–Kier alpha value is -2.04. The molecule has 0 bridgehead atoms. The molecule has 0 radical (unpaired) electrons. The Morgan fingerprint density at radius 2 is 2.19 bits per heavy atom. The number of aliphatic imine (C=N–C) groups is 1. The maximum atomic E-state index is 12.3. The third-order valence-corrected chi connectivity index (χ3v) is 3.84. The Kier molecular flexibility index (Phi) is 4.38. The number of nitrogens with zero attached hydrogens (tertiary/aromatic N) is 2. The van der Waals surface area contributed by atoms with Crippen molar-refractivity contribution in [2.45, 2.75) is 31.9 Å². The molecule has 2 heterocycles. The summed E-state index contributed by atoms with van der Waals surface area (Å²) in [6, 6.07) is 9.67. The van der Waals surface area contributed by atoms with E-state index in [-0.39, 0.29) is 12.1 Å². The SMILES string of the molecule is O=C(OCc1ccccc1)N1CCCCC1C1=NCCO1. The second-order valence-corrected chi connectivity index (χ2v) is 5.31. The van der Waals surface area contributed by atoms with Crippen LogP contribution in [0.2, 0.25) is 0 Å². The van der Waals surface area contributed by atoms with E-state index in [9.17, 15) is 4.79 Å². The van der Waals surface area contributed by atoms with E-state index in [2.05, 4.69) is 4.99 Å². The van der Waals surface area contributed by atoms with Gasteiger partial charge in [0.25, 0.3) is 0 Å². The Balaban J connectivity index is 1.61. The molecule has 112 valence electrons. The van der Waals surface area contributed by atoms with Crippen molar-refractivity contribution in [3.05, 3.63) is 35.9 Å². The maximum Gasteiger partial charge on any atom is 0.410 e. The van der Waals surface area contributed by atoms with E-state index in [1.807, 2.05) is 30.3 Å². The van der Waals surface area contributed by atoms with E-state index in [1.54, 1.807) is 4.90 Å². The number of hydrogen-bond donors (Lipinski definition) is 0. The zero-order valence-corrected chi connectivity index (χ0v) is 12.0. The Morgan fingerprint density at radius 1 is 1.33 bits per heavy atom. The lowest BCUT2D eigenvalue weighted by Gasteiger charge is -2.34. The van der Waals surface area contributed by atoms with Gasteiger partial charge in [-0.05, 0) is 24.8 Å². The Labute approximate surface area is 124 Å². The fraction of sp³-hybridized carbons (Fsp3) is 0.500. The van der Waals surface area contributed by atoms with Gasteiger partial charge in [-0.25, -0.2) is 4.79 Å². The van der Waals surface area contributed by atoms with Crippen LogP contribution in [-0.2, 0) is 16.1 Å². The minimum absolute atomic E-state index is 0.0514. The van der Waals surface area contributed by atoms with Gasteiger partial charge in [0.05, 0.1) is 6.54 Å². The van der Waals surface area contributed by atoms with E-state index in [1.165, 1.54) is 0 Å². The molecule has 1 saturated heterocycles. The molecule has 2 aliphatic heterocycles. The normalized spacial score (nSPS) is 21.6. The number of carbonyl (C=O) groups excluding carboxylic acids is 1. The predicted octanol–water partition coefficient (Wildman–Crippen LogP) is 2.61. The standard InChI is InChI=1S/C16H20N2O3/c19-16(21-12-13-6-2-1-3-7-13)18-10-5-4-8-14(18)15-17-9-11-20-15/h1-3,6-7,14H,4-5,8-12H2. The van der Waals surface area contributed by atoms with Crippen LogP contribution in [0.15, 0.2) is 35.3 Å². The van der Waals surface area contributed by atoms with Gasteiger partial charge in [-0.2, -0.15) is 0 Å². The first kappa shape index (κ1) is 13.9. The van der Waals surface area contributed by atoms with Crippen molar-refractivity contribution in [2.24, 2.45) is 4.99 Å². The van der Waals surface area contributed by atoms with Crippen LogP contribution in [-0.4, -0.2) is 42.6 Å². The number of hydrogen-bond acceptors (Lipinski definition) is 4. The fourth-order valence-corrected chi connectivity index (χ4v) is 2.76. The highest BCUT2D eigenvalue weighted by Gasteiger charge is 2.33. The molecule has 1 fully saturated rings. The number of piperidine rings is 1. The average Bonchev–Trinajstić information content (AvgIpc) is 3.08. The first-order valence-electron chi connectivity index (χ1n) is 7.49. The van der Waals surface area contributed by atoms with Crippen LogP contribution in [0.5, 0.6) is 0 Å². The molecular formula is C16H20N2O3. The zero-order chi connectivity index (χ0) is 14.5. The lowest BCUT2D eigenvalue weighted by Crippen LogP contribution is -2.48. The van der Waals surface area contributed by atoms with E-state index in [0.29, 0.717) is 32.2 Å². The molecule has 2 aliphatic rings. The largest absolute Gasteiger partial charge is 0.478 e. The fourth-order valence-electron chi connectivity index (χ4n) is 2.76. The van der Waals surface area contributed by atoms with Crippen LogP contribution in [0.4, 0.5) is 4.79 Å². The predicted molar refractivity (Wildman–Crippen MR) is 79.2 cm³/mol. The number of ether oxygens (including phenoxy) is 2. The van der Waals surface area contributed by atoms with Crippen LogP contribution in [0.1, 0.15) is 24.8 Å². The Morgan fingerprint density at radius 3 is 2.95 bits per heavy atom. The first-order chi connectivity index (χ1) is 10.3. The summed E-state index contributed by atoms with van der Waals surface area (Å²) in [5.74, 6) is 0.700. The molecule has 21 heavy (non-hydrogen) atoms. The molecule has 0 aromatic heterocycles. The summed E-state index contributed by atoms with van der Waals surface area (Å²) in [6.45, 7) is 2.33. The van der Waals surface area contributed by atoms with Gasteiger partial charge in [-0.3, -0.25) is 9.89 Å². The second-order valence-electron chi connectivity index (χ2n) is 5.31. The third-order valence-electron chi connectivity index (χ3n) is 3.84. The quantitative estimate of drug-likeness (QED) is 0.859. The summed E-state index contributed by atoms with van der Waals surface area (Å²) < 4.78 is 11.0. The first-order valence-corrected chi connectivity index (χ1v) is 7.49. The molecular weight excluding hydrogens is 268 g/mol. The van der Waals surface area contributed by atoms with E-state index < -0.39 is 0 Å². The van der Waals surface area contributed by atoms with Gasteiger partial charge in [-0.1, -0.05) is 30.3 Å². The average molecular weight is 288 g/mol. The van der Waals surface area contributed by atoms with Crippen LogP contribution < -0.4 is 0 Å². The lowest BCUT2D eigenvalue weighted by molar-refractivity contribution is 0.0766. The molecule has 5 heteroatoms. The lowest BCUT2D eigenvalue weighted by atomic mass is 10.0. The number of benzene rings is 1. The number of carbonyl (C=O) groups is 1. The molecule has 1 atom stereocenters. The summed E-state index contributed by atoms with van der Waals surface area (Å²) >= 11 is 0. The number of likely N-dealkylation sites (tertiary alicyclic amines) is 1. The van der Waals surface area contributed by atoms with Crippen LogP contribution in [0.25, 0.3) is 0 Å². The molecule has 3 rings (SSSR count). The highest BCUT2D eigenvalue weighted by molar-refractivity contribution is 5.86. The highest BCUT2D eigenvalue weighted by Crippen LogP contribution is 2.21. The van der Waals surface area contributed by atoms with Crippen molar-refractivity contribution in [1.82, 2.24) is 4.90 Å². The highest BCUT2D eigenvalue weighted by atomic mass is 16.6. The van der Waals surface area contributed by atoms with Crippen molar-refractivity contribution < 1.29 is 14.3 Å². The minimum atomic E-state index is -0.276. The summed E-state index contributed by atoms with van der Waals surface area (Å²) in [6.07, 6.45) is 2.72. The van der Waals surface area contributed by atoms with Crippen molar-refractivity contribution >= 4 is 12.0 Å². The van der Waals surface area contributed by atoms with Crippen molar-refractivity contribution in [3.63, 3.8) is 0 Å². The summed E-state index contributed by atoms with van der Waals surface area (Å²) in [4.78, 5) is 18.4. The monoisotopic (exact) mass is 288 g/mol. The van der Waals surface area contributed by atoms with Gasteiger partial charge >= 0.3 is 6.09 Å². The van der Waals surface area contributed by atoms with E-state index >= 15 is 0 Å². The molecule has 1 amide bonds. The van der Waals surface area contributed by atoms with Crippen LogP contribution >= 0.6 is 0 Å². The van der Waals surface area contributed by atoms with Crippen LogP contribution in [0, 0.1) is 0 Å². The molecule has 0 aliphatic carbocycles. The Bertz CT molecular complexity index is 516. The maximum absolute atomic E-state index is 12.3. The molecule has 1 unspecified atom stereocenters. The van der Waals surface area contributed by atoms with Crippen molar-refractivity contribution in [3.8, 4) is 0 Å². The third kappa shape index (κ3) is 3.35. The van der Waals surface area contributed by atoms with Crippen molar-refractivity contribution in [2.75, 3.05) is 19.7 Å². The van der Waals surface area contributed by atoms with Crippen molar-refractivity contribution in [1.29, 1.82) is 0 Å². The number of rotatable bonds is 3. The van der Waals surface area contributed by atoms with Gasteiger partial charge in [0, 0.05) is 6.54 Å². The molecule has 5 nitrogen and oxygen atoms in total. The molecule has 0 saturated carbocycles. The summed E-state index contributed by atoms with van der Waals surface area (Å²) in [5.41, 5.74) is 0.994. The van der Waals surface area contributed by atoms with E-state index in [4.69, 9.17) is 9.47 Å². The summed E-state index contributed by atoms with van der Waals surface area (Å²) in [7, 11) is 0. The summed E-state index contributed by atoms with van der Waals surface area (Å²) in [5, 5.41) is 0. The van der Waals surface area contributed by atoms with Gasteiger partial charge in [0.1, 0.15) is 19.3 Å².